The molecule has 4 rings (SSSR count). The van der Waals surface area contributed by atoms with Gasteiger partial charge in [-0.1, -0.05) is 30.3 Å². The van der Waals surface area contributed by atoms with Crippen molar-refractivity contribution in [2.75, 3.05) is 5.73 Å². The fourth-order valence-electron chi connectivity index (χ4n) is 2.73. The van der Waals surface area contributed by atoms with E-state index in [0.29, 0.717) is 11.5 Å². The molecule has 0 radical (unpaired) electrons. The highest BCUT2D eigenvalue weighted by Crippen LogP contribution is 2.22. The fraction of sp³-hybridized carbons (Fsp3) is 0.125. The molecule has 4 aromatic rings. The topological polar surface area (TPSA) is 117 Å². The summed E-state index contributed by atoms with van der Waals surface area (Å²) in [6, 6.07) is 11.3. The van der Waals surface area contributed by atoms with Crippen LogP contribution in [0.5, 0.6) is 0 Å². The maximum atomic E-state index is 12.3. The van der Waals surface area contributed by atoms with Gasteiger partial charge in [0.2, 0.25) is 5.95 Å². The third-order valence-electron chi connectivity index (χ3n) is 4.09. The van der Waals surface area contributed by atoms with E-state index in [1.165, 1.54) is 16.3 Å². The summed E-state index contributed by atoms with van der Waals surface area (Å²) in [5, 5.41) is 4.45. The summed E-state index contributed by atoms with van der Waals surface area (Å²) < 4.78 is 3.73. The van der Waals surface area contributed by atoms with E-state index in [1.54, 1.807) is 13.1 Å². The largest absolute Gasteiger partial charge is 0.383 e. The molecule has 3 heterocycles. The van der Waals surface area contributed by atoms with Gasteiger partial charge in [-0.25, -0.2) is 4.79 Å². The molecule has 0 aliphatic carbocycles. The van der Waals surface area contributed by atoms with Gasteiger partial charge in [0.05, 0.1) is 5.69 Å². The van der Waals surface area contributed by atoms with Crippen molar-refractivity contribution in [2.24, 2.45) is 14.1 Å². The lowest BCUT2D eigenvalue weighted by atomic mass is 10.2. The number of rotatable bonds is 2. The fourth-order valence-corrected chi connectivity index (χ4v) is 2.73. The number of benzene rings is 1. The molecule has 0 spiro atoms. The lowest BCUT2D eigenvalue weighted by Gasteiger charge is -2.00. The molecule has 0 saturated carbocycles. The Bertz CT molecular complexity index is 1210. The lowest BCUT2D eigenvalue weighted by Crippen LogP contribution is -2.36. The Labute approximate surface area is 141 Å². The maximum Gasteiger partial charge on any atom is 0.332 e. The summed E-state index contributed by atoms with van der Waals surface area (Å²) >= 11 is 0. The number of nitrogens with one attached hydrogen (secondary N) is 1. The van der Waals surface area contributed by atoms with Crippen LogP contribution in [0.25, 0.3) is 28.4 Å². The minimum Gasteiger partial charge on any atom is -0.383 e. The van der Waals surface area contributed by atoms with Gasteiger partial charge in [-0.2, -0.15) is 14.8 Å². The van der Waals surface area contributed by atoms with Crippen LogP contribution in [0.1, 0.15) is 0 Å². The van der Waals surface area contributed by atoms with E-state index in [4.69, 9.17) is 5.73 Å². The molecule has 126 valence electrons. The van der Waals surface area contributed by atoms with E-state index in [0.717, 1.165) is 10.1 Å². The van der Waals surface area contributed by atoms with E-state index in [9.17, 15) is 9.59 Å². The predicted octanol–water partition coefficient (Wildman–Crippen LogP) is 0.395. The van der Waals surface area contributed by atoms with Gasteiger partial charge >= 0.3 is 5.69 Å². The van der Waals surface area contributed by atoms with Gasteiger partial charge < -0.3 is 10.7 Å². The Morgan fingerprint density at radius 3 is 2.52 bits per heavy atom. The molecule has 9 nitrogen and oxygen atoms in total. The molecule has 25 heavy (non-hydrogen) atoms. The van der Waals surface area contributed by atoms with Crippen molar-refractivity contribution in [3.05, 3.63) is 57.2 Å². The maximum absolute atomic E-state index is 12.3. The molecule has 3 N–H and O–H groups in total. The molecule has 1 aromatic carbocycles. The summed E-state index contributed by atoms with van der Waals surface area (Å²) in [4.78, 5) is 31.5. The molecule has 3 aromatic heterocycles. The molecule has 0 amide bonds. The summed E-state index contributed by atoms with van der Waals surface area (Å²) in [6.45, 7) is 0. The zero-order valence-electron chi connectivity index (χ0n) is 13.6. The minimum atomic E-state index is -0.453. The number of nitrogens with zero attached hydrogens (tertiary/aromatic N) is 5. The van der Waals surface area contributed by atoms with Crippen molar-refractivity contribution in [1.82, 2.24) is 28.9 Å². The number of imidazole rings is 1. The van der Waals surface area contributed by atoms with Gasteiger partial charge in [-0.05, 0) is 0 Å². The molecule has 0 atom stereocenters. The number of nitrogens with two attached hydrogens (primary N) is 1. The highest BCUT2D eigenvalue weighted by molar-refractivity contribution is 5.72. The zero-order valence-corrected chi connectivity index (χ0v) is 13.6. The smallest absolute Gasteiger partial charge is 0.332 e. The molecular weight excluding hydrogens is 322 g/mol. The average molecular weight is 337 g/mol. The van der Waals surface area contributed by atoms with Crippen LogP contribution >= 0.6 is 0 Å². The first-order valence-corrected chi connectivity index (χ1v) is 7.54. The van der Waals surface area contributed by atoms with Gasteiger partial charge in [0.1, 0.15) is 5.82 Å². The first-order chi connectivity index (χ1) is 12.0. The van der Waals surface area contributed by atoms with Crippen LogP contribution in [0, 0.1) is 0 Å². The van der Waals surface area contributed by atoms with Crippen molar-refractivity contribution in [3.63, 3.8) is 0 Å². The zero-order chi connectivity index (χ0) is 17.7. The number of aryl methyl sites for hydroxylation is 1. The molecule has 0 aliphatic heterocycles. The van der Waals surface area contributed by atoms with E-state index < -0.39 is 11.2 Å². The summed E-state index contributed by atoms with van der Waals surface area (Å²) in [7, 11) is 2.97. The Morgan fingerprint density at radius 1 is 1.08 bits per heavy atom. The predicted molar refractivity (Wildman–Crippen MR) is 93.5 cm³/mol. The SMILES string of the molecule is Cn1c(=O)c2[nH]c(-n3nc(-c4ccccc4)cc3N)nc2n(C)c1=O. The summed E-state index contributed by atoms with van der Waals surface area (Å²) in [5.74, 6) is 0.632. The number of hydrogen-bond donors (Lipinski definition) is 2. The number of aromatic nitrogens is 6. The third-order valence-corrected chi connectivity index (χ3v) is 4.09. The van der Waals surface area contributed by atoms with Crippen molar-refractivity contribution < 1.29 is 0 Å². The van der Waals surface area contributed by atoms with Crippen LogP contribution in [-0.2, 0) is 14.1 Å². The standard InChI is InChI=1S/C16H15N7O2/c1-21-13-12(14(24)22(2)16(21)25)18-15(19-13)23-11(17)8-10(20-23)9-6-4-3-5-7-9/h3-8H,17H2,1-2H3,(H,18,19). The number of nitrogen functional groups attached to an aromatic ring is 1. The van der Waals surface area contributed by atoms with Crippen LogP contribution in [0.4, 0.5) is 5.82 Å². The number of hydrogen-bond acceptors (Lipinski definition) is 5. The van der Waals surface area contributed by atoms with E-state index in [-0.39, 0.29) is 17.1 Å². The number of anilines is 1. The van der Waals surface area contributed by atoms with Crippen LogP contribution < -0.4 is 17.0 Å². The van der Waals surface area contributed by atoms with Crippen molar-refractivity contribution in [3.8, 4) is 17.2 Å². The molecule has 0 unspecified atom stereocenters. The Kier molecular flexibility index (Phi) is 3.11. The number of fused-ring (bicyclic) bond motifs is 1. The molecule has 0 bridgehead atoms. The van der Waals surface area contributed by atoms with Crippen LogP contribution in [0.3, 0.4) is 0 Å². The number of H-pyrrole nitrogens is 1. The Morgan fingerprint density at radius 2 is 1.80 bits per heavy atom. The molecule has 0 fully saturated rings. The Hall–Kier alpha value is -3.62. The van der Waals surface area contributed by atoms with Crippen LogP contribution in [0.15, 0.2) is 46.0 Å². The Balaban J connectivity index is 1.93. The van der Waals surface area contributed by atoms with Crippen molar-refractivity contribution in [2.45, 2.75) is 0 Å². The average Bonchev–Trinajstić information content (AvgIpc) is 3.23. The van der Waals surface area contributed by atoms with Crippen molar-refractivity contribution >= 4 is 17.0 Å². The van der Waals surface area contributed by atoms with Gasteiger partial charge in [0.15, 0.2) is 11.2 Å². The van der Waals surface area contributed by atoms with Gasteiger partial charge in [0.25, 0.3) is 5.56 Å². The summed E-state index contributed by atoms with van der Waals surface area (Å²) in [6.07, 6.45) is 0. The molecule has 9 heteroatoms. The molecular formula is C16H15N7O2. The number of aromatic amines is 1. The first-order valence-electron chi connectivity index (χ1n) is 7.54. The highest BCUT2D eigenvalue weighted by atomic mass is 16.2. The van der Waals surface area contributed by atoms with E-state index in [2.05, 4.69) is 15.1 Å². The first kappa shape index (κ1) is 14.9. The third kappa shape index (κ3) is 2.17. The minimum absolute atomic E-state index is 0.218. The second-order valence-corrected chi connectivity index (χ2v) is 5.70. The normalized spacial score (nSPS) is 11.3. The van der Waals surface area contributed by atoms with E-state index in [1.807, 2.05) is 30.3 Å². The monoisotopic (exact) mass is 337 g/mol. The molecule has 0 aliphatic rings. The van der Waals surface area contributed by atoms with E-state index >= 15 is 0 Å². The quantitative estimate of drug-likeness (QED) is 0.549. The van der Waals surface area contributed by atoms with Crippen LogP contribution in [-0.4, -0.2) is 28.9 Å². The highest BCUT2D eigenvalue weighted by Gasteiger charge is 2.17. The second-order valence-electron chi connectivity index (χ2n) is 5.70. The van der Waals surface area contributed by atoms with Gasteiger partial charge in [-0.15, -0.1) is 0 Å². The van der Waals surface area contributed by atoms with Gasteiger partial charge in [-0.3, -0.25) is 13.9 Å². The van der Waals surface area contributed by atoms with Gasteiger partial charge in [0, 0.05) is 25.7 Å². The lowest BCUT2D eigenvalue weighted by molar-refractivity contribution is 0.708. The second kappa shape index (κ2) is 5.20. The summed E-state index contributed by atoms with van der Waals surface area (Å²) in [5.41, 5.74) is 7.21. The van der Waals surface area contributed by atoms with Crippen molar-refractivity contribution in [1.29, 1.82) is 0 Å². The van der Waals surface area contributed by atoms with Crippen LogP contribution in [0.2, 0.25) is 0 Å². The molecule has 0 saturated heterocycles.